The second kappa shape index (κ2) is 7.81. The Bertz CT molecular complexity index is 1060. The van der Waals surface area contributed by atoms with E-state index in [4.69, 9.17) is 11.6 Å². The number of hydrogen-bond donors (Lipinski definition) is 3. The molecule has 0 unspecified atom stereocenters. The Labute approximate surface area is 161 Å². The van der Waals surface area contributed by atoms with Crippen LogP contribution in [0.3, 0.4) is 0 Å². The van der Waals surface area contributed by atoms with Crippen LogP contribution in [0.1, 0.15) is 23.0 Å². The van der Waals surface area contributed by atoms with Crippen molar-refractivity contribution in [2.24, 2.45) is 0 Å². The first-order valence-electron chi connectivity index (χ1n) is 8.11. The van der Waals surface area contributed by atoms with Crippen LogP contribution in [0.5, 0.6) is 0 Å². The Hall–Kier alpha value is -2.84. The summed E-state index contributed by atoms with van der Waals surface area (Å²) in [6.45, 7) is 1.96. The average Bonchev–Trinajstić information content (AvgIpc) is 3.11. The molecule has 3 N–H and O–H groups in total. The van der Waals surface area contributed by atoms with Crippen molar-refractivity contribution >= 4 is 39.0 Å². The van der Waals surface area contributed by atoms with E-state index in [9.17, 15) is 13.2 Å². The molecule has 0 atom stereocenters. The molecule has 140 valence electrons. The Morgan fingerprint density at radius 3 is 2.56 bits per heavy atom. The first-order chi connectivity index (χ1) is 12.9. The highest BCUT2D eigenvalue weighted by Gasteiger charge is 2.17. The highest BCUT2D eigenvalue weighted by molar-refractivity contribution is 7.92. The number of aromatic nitrogens is 2. The van der Waals surface area contributed by atoms with Gasteiger partial charge in [-0.15, -0.1) is 0 Å². The number of aromatic amines is 1. The van der Waals surface area contributed by atoms with Crippen molar-refractivity contribution in [3.8, 4) is 0 Å². The van der Waals surface area contributed by atoms with Gasteiger partial charge in [-0.25, -0.2) is 8.42 Å². The first kappa shape index (κ1) is 18.9. The van der Waals surface area contributed by atoms with Gasteiger partial charge in [0.1, 0.15) is 0 Å². The Balaban J connectivity index is 1.79. The number of carbonyl (C=O) groups excluding carboxylic acids is 1. The third-order valence-corrected chi connectivity index (χ3v) is 5.39. The zero-order valence-electron chi connectivity index (χ0n) is 14.4. The first-order valence-corrected chi connectivity index (χ1v) is 9.97. The lowest BCUT2D eigenvalue weighted by molar-refractivity contribution is 0.102. The van der Waals surface area contributed by atoms with E-state index in [1.807, 2.05) is 6.92 Å². The average molecular weight is 405 g/mol. The van der Waals surface area contributed by atoms with Gasteiger partial charge in [0.2, 0.25) is 0 Å². The van der Waals surface area contributed by atoms with Crippen LogP contribution in [0.25, 0.3) is 0 Å². The standard InChI is InChI=1S/C18H17ClN4O3S/c1-2-14-11-17(22-21-14)20-18(24)12-4-3-5-16(10-12)27(25,26)23-15-8-6-13(19)7-9-15/h3-11,23H,2H2,1H3,(H2,20,21,22,24). The molecular formula is C18H17ClN4O3S. The van der Waals surface area contributed by atoms with E-state index >= 15 is 0 Å². The maximum absolute atomic E-state index is 12.6. The number of halogens is 1. The Kier molecular flexibility index (Phi) is 5.48. The maximum atomic E-state index is 12.6. The van der Waals surface area contributed by atoms with Crippen LogP contribution in [-0.4, -0.2) is 24.5 Å². The largest absolute Gasteiger partial charge is 0.305 e. The van der Waals surface area contributed by atoms with E-state index < -0.39 is 15.9 Å². The molecule has 0 aliphatic carbocycles. The topological polar surface area (TPSA) is 104 Å². The summed E-state index contributed by atoms with van der Waals surface area (Å²) in [5.41, 5.74) is 1.46. The number of rotatable bonds is 6. The van der Waals surface area contributed by atoms with Gasteiger partial charge in [-0.3, -0.25) is 14.6 Å². The van der Waals surface area contributed by atoms with Crippen molar-refractivity contribution in [3.63, 3.8) is 0 Å². The summed E-state index contributed by atoms with van der Waals surface area (Å²) in [5.74, 6) is -0.0721. The lowest BCUT2D eigenvalue weighted by Crippen LogP contribution is -2.16. The van der Waals surface area contributed by atoms with Crippen molar-refractivity contribution in [2.45, 2.75) is 18.2 Å². The van der Waals surface area contributed by atoms with Crippen molar-refractivity contribution in [2.75, 3.05) is 10.0 Å². The lowest BCUT2D eigenvalue weighted by Gasteiger charge is -2.09. The van der Waals surface area contributed by atoms with E-state index in [0.29, 0.717) is 16.5 Å². The molecule has 1 amide bonds. The summed E-state index contributed by atoms with van der Waals surface area (Å²) in [5, 5.41) is 9.92. The zero-order chi connectivity index (χ0) is 19.4. The number of nitrogens with zero attached hydrogens (tertiary/aromatic N) is 1. The third-order valence-electron chi connectivity index (χ3n) is 3.76. The van der Waals surface area contributed by atoms with Crippen molar-refractivity contribution < 1.29 is 13.2 Å². The van der Waals surface area contributed by atoms with Gasteiger partial charge in [0, 0.05) is 28.0 Å². The molecule has 2 aromatic carbocycles. The highest BCUT2D eigenvalue weighted by atomic mass is 35.5. The second-order valence-electron chi connectivity index (χ2n) is 5.73. The van der Waals surface area contributed by atoms with Gasteiger partial charge in [-0.2, -0.15) is 5.10 Å². The molecule has 0 fully saturated rings. The van der Waals surface area contributed by atoms with Gasteiger partial charge in [-0.05, 0) is 48.9 Å². The van der Waals surface area contributed by atoms with Gasteiger partial charge >= 0.3 is 0 Å². The molecule has 0 aliphatic rings. The third kappa shape index (κ3) is 4.66. The van der Waals surface area contributed by atoms with Crippen LogP contribution < -0.4 is 10.0 Å². The summed E-state index contributed by atoms with van der Waals surface area (Å²) < 4.78 is 27.6. The molecule has 7 nitrogen and oxygen atoms in total. The molecule has 0 spiro atoms. The number of aryl methyl sites for hydroxylation is 1. The minimum absolute atomic E-state index is 0.0265. The molecule has 1 aromatic heterocycles. The molecule has 1 heterocycles. The number of nitrogens with one attached hydrogen (secondary N) is 3. The van der Waals surface area contributed by atoms with Crippen LogP contribution in [0.4, 0.5) is 11.5 Å². The fraction of sp³-hybridized carbons (Fsp3) is 0.111. The fourth-order valence-corrected chi connectivity index (χ4v) is 3.56. The number of carbonyl (C=O) groups is 1. The van der Waals surface area contributed by atoms with E-state index in [-0.39, 0.29) is 10.5 Å². The zero-order valence-corrected chi connectivity index (χ0v) is 15.9. The smallest absolute Gasteiger partial charge is 0.261 e. The molecule has 0 saturated carbocycles. The SMILES string of the molecule is CCc1cc(NC(=O)c2cccc(S(=O)(=O)Nc3ccc(Cl)cc3)c2)n[nH]1. The predicted molar refractivity (Wildman–Crippen MR) is 105 cm³/mol. The molecule has 9 heteroatoms. The van der Waals surface area contributed by atoms with Crippen LogP contribution in [0.15, 0.2) is 59.5 Å². The van der Waals surface area contributed by atoms with Gasteiger partial charge in [0.15, 0.2) is 5.82 Å². The molecule has 0 bridgehead atoms. The molecule has 27 heavy (non-hydrogen) atoms. The Morgan fingerprint density at radius 2 is 1.89 bits per heavy atom. The summed E-state index contributed by atoms with van der Waals surface area (Å²) in [4.78, 5) is 12.4. The Morgan fingerprint density at radius 1 is 1.15 bits per heavy atom. The molecule has 0 saturated heterocycles. The molecule has 3 rings (SSSR count). The minimum atomic E-state index is -3.85. The van der Waals surface area contributed by atoms with Crippen molar-refractivity contribution in [1.29, 1.82) is 0 Å². The number of amides is 1. The van der Waals surface area contributed by atoms with Crippen molar-refractivity contribution in [1.82, 2.24) is 10.2 Å². The van der Waals surface area contributed by atoms with Gasteiger partial charge in [0.25, 0.3) is 15.9 Å². The fourth-order valence-electron chi connectivity index (χ4n) is 2.33. The summed E-state index contributed by atoms with van der Waals surface area (Å²) in [6.07, 6.45) is 0.757. The van der Waals surface area contributed by atoms with E-state index in [0.717, 1.165) is 12.1 Å². The molecular weight excluding hydrogens is 388 g/mol. The minimum Gasteiger partial charge on any atom is -0.305 e. The molecule has 0 radical (unpaired) electrons. The van der Waals surface area contributed by atoms with Crippen LogP contribution in [0.2, 0.25) is 5.02 Å². The summed E-state index contributed by atoms with van der Waals surface area (Å²) in [6, 6.07) is 13.8. The molecule has 0 aliphatic heterocycles. The molecule has 3 aromatic rings. The van der Waals surface area contributed by atoms with Gasteiger partial charge in [0.05, 0.1) is 4.90 Å². The van der Waals surface area contributed by atoms with Gasteiger partial charge < -0.3 is 5.32 Å². The van der Waals surface area contributed by atoms with E-state index in [2.05, 4.69) is 20.2 Å². The summed E-state index contributed by atoms with van der Waals surface area (Å²) in [7, 11) is -3.85. The van der Waals surface area contributed by atoms with Gasteiger partial charge in [-0.1, -0.05) is 24.6 Å². The lowest BCUT2D eigenvalue weighted by atomic mass is 10.2. The quantitative estimate of drug-likeness (QED) is 0.582. The van der Waals surface area contributed by atoms with E-state index in [1.54, 1.807) is 30.3 Å². The number of anilines is 2. The second-order valence-corrected chi connectivity index (χ2v) is 7.85. The number of H-pyrrole nitrogens is 1. The van der Waals surface area contributed by atoms with Crippen LogP contribution in [-0.2, 0) is 16.4 Å². The maximum Gasteiger partial charge on any atom is 0.261 e. The summed E-state index contributed by atoms with van der Waals surface area (Å²) >= 11 is 5.80. The number of benzene rings is 2. The number of hydrogen-bond acceptors (Lipinski definition) is 4. The highest BCUT2D eigenvalue weighted by Crippen LogP contribution is 2.19. The normalized spacial score (nSPS) is 11.2. The van der Waals surface area contributed by atoms with E-state index in [1.165, 1.54) is 24.3 Å². The van der Waals surface area contributed by atoms with Crippen LogP contribution in [0, 0.1) is 0 Å². The van der Waals surface area contributed by atoms with Crippen LogP contribution >= 0.6 is 11.6 Å². The van der Waals surface area contributed by atoms with Crippen molar-refractivity contribution in [3.05, 3.63) is 70.9 Å². The monoisotopic (exact) mass is 404 g/mol. The predicted octanol–water partition coefficient (Wildman–Crippen LogP) is 3.68. The number of sulfonamides is 1.